The van der Waals surface area contributed by atoms with Crippen LogP contribution in [0.4, 0.5) is 17.3 Å². The van der Waals surface area contributed by atoms with Gasteiger partial charge in [0.05, 0.1) is 19.2 Å². The number of aryl methyl sites for hydroxylation is 2. The Hall–Kier alpha value is -4.71. The molecule has 2 heterocycles. The summed E-state index contributed by atoms with van der Waals surface area (Å²) in [7, 11) is 1.34. The maximum absolute atomic E-state index is 11.7. The number of hydrogen-bond donors (Lipinski definition) is 3. The minimum Gasteiger partial charge on any atom is -0.465 e. The molecule has 0 saturated heterocycles. The molecule has 0 bridgehead atoms. The van der Waals surface area contributed by atoms with Crippen molar-refractivity contribution in [2.24, 2.45) is 4.99 Å². The first-order chi connectivity index (χ1) is 17.9. The molecule has 0 radical (unpaired) electrons. The lowest BCUT2D eigenvalue weighted by molar-refractivity contribution is 0.0601. The van der Waals surface area contributed by atoms with Crippen LogP contribution in [0.2, 0.25) is 0 Å². The van der Waals surface area contributed by atoms with Crippen molar-refractivity contribution in [1.29, 1.82) is 0 Å². The van der Waals surface area contributed by atoms with Gasteiger partial charge in [0.1, 0.15) is 12.7 Å². The lowest BCUT2D eigenvalue weighted by Gasteiger charge is -2.13. The molecule has 11 nitrogen and oxygen atoms in total. The minimum atomic E-state index is -0.413. The lowest BCUT2D eigenvalue weighted by atomic mass is 10.2. The fraction of sp³-hybridized carbons (Fsp3) is 0.160. The molecule has 37 heavy (non-hydrogen) atoms. The van der Waals surface area contributed by atoms with Crippen molar-refractivity contribution in [3.8, 4) is 0 Å². The van der Waals surface area contributed by atoms with Crippen molar-refractivity contribution in [2.45, 2.75) is 20.4 Å². The van der Waals surface area contributed by atoms with E-state index in [1.54, 1.807) is 35.3 Å². The van der Waals surface area contributed by atoms with Crippen LogP contribution in [0.25, 0.3) is 0 Å². The number of rotatable bonds is 6. The molecule has 2 aromatic heterocycles. The van der Waals surface area contributed by atoms with Crippen LogP contribution in [0, 0.1) is 13.8 Å². The van der Waals surface area contributed by atoms with E-state index in [1.165, 1.54) is 13.4 Å². The van der Waals surface area contributed by atoms with Gasteiger partial charge in [-0.1, -0.05) is 12.1 Å². The molecule has 0 atom stereocenters. The van der Waals surface area contributed by atoms with E-state index in [1.807, 2.05) is 44.2 Å². The highest BCUT2D eigenvalue weighted by Crippen LogP contribution is 2.14. The monoisotopic (exact) mass is 515 g/mol. The number of aromatic nitrogens is 5. The molecular weight excluding hydrogens is 490 g/mol. The van der Waals surface area contributed by atoms with E-state index in [9.17, 15) is 4.79 Å². The molecule has 0 spiro atoms. The van der Waals surface area contributed by atoms with Gasteiger partial charge in [0.2, 0.25) is 17.0 Å². The van der Waals surface area contributed by atoms with E-state index in [-0.39, 0.29) is 5.11 Å². The summed E-state index contributed by atoms with van der Waals surface area (Å²) in [6.07, 6.45) is 3.17. The molecule has 0 aliphatic rings. The van der Waals surface area contributed by atoms with Gasteiger partial charge in [-0.25, -0.2) is 24.4 Å². The van der Waals surface area contributed by atoms with Crippen molar-refractivity contribution < 1.29 is 9.53 Å². The summed E-state index contributed by atoms with van der Waals surface area (Å²) in [6, 6.07) is 16.4. The minimum absolute atomic E-state index is 0.188. The average Bonchev–Trinajstić information content (AvgIpc) is 3.37. The molecule has 4 aromatic rings. The SMILES string of the molecule is COC(=O)c1ccc(NC(=S)/N=C(\Nc2ccc(Cn3cncn3)cc2)Nc2nc(C)cc(C)n2)cc1. The average molecular weight is 516 g/mol. The predicted octanol–water partition coefficient (Wildman–Crippen LogP) is 3.80. The Kier molecular flexibility index (Phi) is 8.11. The summed E-state index contributed by atoms with van der Waals surface area (Å²) in [4.78, 5) is 29.0. The number of methoxy groups -OCH3 is 1. The first kappa shape index (κ1) is 25.4. The zero-order valence-corrected chi connectivity index (χ0v) is 21.3. The fourth-order valence-corrected chi connectivity index (χ4v) is 3.58. The largest absolute Gasteiger partial charge is 0.465 e. The van der Waals surface area contributed by atoms with Gasteiger partial charge in [0.25, 0.3) is 0 Å². The smallest absolute Gasteiger partial charge is 0.337 e. The third kappa shape index (κ3) is 7.39. The van der Waals surface area contributed by atoms with E-state index >= 15 is 0 Å². The third-order valence-corrected chi connectivity index (χ3v) is 5.20. The lowest BCUT2D eigenvalue weighted by Crippen LogP contribution is -2.26. The van der Waals surface area contributed by atoms with Crippen LogP contribution in [-0.4, -0.2) is 48.9 Å². The van der Waals surface area contributed by atoms with E-state index in [2.05, 4.69) is 41.0 Å². The van der Waals surface area contributed by atoms with E-state index < -0.39 is 5.97 Å². The number of anilines is 3. The highest BCUT2D eigenvalue weighted by Gasteiger charge is 2.09. The number of hydrogen-bond acceptors (Lipinski definition) is 7. The number of carbonyl (C=O) groups is 1. The Labute approximate surface area is 219 Å². The number of benzene rings is 2. The first-order valence-electron chi connectivity index (χ1n) is 11.2. The molecule has 2 aromatic carbocycles. The molecule has 12 heteroatoms. The molecule has 0 saturated carbocycles. The van der Waals surface area contributed by atoms with E-state index in [0.29, 0.717) is 29.7 Å². The number of aliphatic imine (C=N–C) groups is 1. The summed E-state index contributed by atoms with van der Waals surface area (Å²) in [5, 5.41) is 13.7. The summed E-state index contributed by atoms with van der Waals surface area (Å²) in [5.74, 6) is 0.304. The van der Waals surface area contributed by atoms with Crippen LogP contribution >= 0.6 is 12.2 Å². The van der Waals surface area contributed by atoms with Crippen LogP contribution in [-0.2, 0) is 11.3 Å². The Bertz CT molecular complexity index is 1380. The highest BCUT2D eigenvalue weighted by molar-refractivity contribution is 7.80. The normalized spacial score (nSPS) is 11.1. The Balaban J connectivity index is 1.51. The van der Waals surface area contributed by atoms with Crippen LogP contribution in [0.1, 0.15) is 27.3 Å². The molecular formula is C25H25N9O2S. The van der Waals surface area contributed by atoms with Gasteiger partial charge in [-0.3, -0.25) is 5.32 Å². The molecule has 4 rings (SSSR count). The number of nitrogens with one attached hydrogen (secondary N) is 3. The summed E-state index contributed by atoms with van der Waals surface area (Å²) >= 11 is 5.46. The van der Waals surface area contributed by atoms with Crippen LogP contribution in [0.3, 0.4) is 0 Å². The summed E-state index contributed by atoms with van der Waals surface area (Å²) in [6.45, 7) is 4.39. The molecule has 188 valence electrons. The van der Waals surface area contributed by atoms with Crippen molar-refractivity contribution in [2.75, 3.05) is 23.1 Å². The number of guanidine groups is 1. The second kappa shape index (κ2) is 11.8. The maximum Gasteiger partial charge on any atom is 0.337 e. The Morgan fingerprint density at radius 1 is 0.973 bits per heavy atom. The topological polar surface area (TPSA) is 131 Å². The van der Waals surface area contributed by atoms with Gasteiger partial charge in [-0.15, -0.1) is 0 Å². The molecule has 0 aliphatic heterocycles. The number of thiocarbonyl (C=S) groups is 1. The zero-order valence-electron chi connectivity index (χ0n) is 20.5. The second-order valence-corrected chi connectivity index (χ2v) is 8.36. The number of nitrogens with zero attached hydrogens (tertiary/aromatic N) is 6. The summed E-state index contributed by atoms with van der Waals surface area (Å²) in [5.41, 5.74) is 4.58. The Morgan fingerprint density at radius 2 is 1.62 bits per heavy atom. The van der Waals surface area contributed by atoms with Crippen molar-refractivity contribution >= 4 is 46.6 Å². The number of ether oxygens (including phenoxy) is 1. The van der Waals surface area contributed by atoms with Gasteiger partial charge in [-0.05, 0) is 74.1 Å². The highest BCUT2D eigenvalue weighted by atomic mass is 32.1. The Morgan fingerprint density at radius 3 is 2.24 bits per heavy atom. The molecule has 0 aliphatic carbocycles. The van der Waals surface area contributed by atoms with Crippen molar-refractivity contribution in [1.82, 2.24) is 24.7 Å². The van der Waals surface area contributed by atoms with Gasteiger partial charge in [0.15, 0.2) is 0 Å². The zero-order chi connectivity index (χ0) is 26.2. The molecule has 0 amide bonds. The predicted molar refractivity (Wildman–Crippen MR) is 146 cm³/mol. The fourth-order valence-electron chi connectivity index (χ4n) is 3.37. The van der Waals surface area contributed by atoms with Gasteiger partial charge in [0, 0.05) is 22.8 Å². The van der Waals surface area contributed by atoms with Crippen LogP contribution in [0.15, 0.2) is 72.2 Å². The number of esters is 1. The molecule has 0 unspecified atom stereocenters. The van der Waals surface area contributed by atoms with E-state index in [4.69, 9.17) is 17.0 Å². The third-order valence-electron chi connectivity index (χ3n) is 5.01. The van der Waals surface area contributed by atoms with Crippen LogP contribution < -0.4 is 16.0 Å². The van der Waals surface area contributed by atoms with Gasteiger partial charge >= 0.3 is 5.97 Å². The molecule has 3 N–H and O–H groups in total. The van der Waals surface area contributed by atoms with Crippen LogP contribution in [0.5, 0.6) is 0 Å². The summed E-state index contributed by atoms with van der Waals surface area (Å²) < 4.78 is 6.48. The maximum atomic E-state index is 11.7. The number of carbonyl (C=O) groups excluding carboxylic acids is 1. The second-order valence-electron chi connectivity index (χ2n) is 7.97. The van der Waals surface area contributed by atoms with Crippen molar-refractivity contribution in [3.63, 3.8) is 0 Å². The quantitative estimate of drug-likeness (QED) is 0.151. The molecule has 0 fully saturated rings. The van der Waals surface area contributed by atoms with Gasteiger partial charge < -0.3 is 15.4 Å². The first-order valence-corrected chi connectivity index (χ1v) is 11.6. The van der Waals surface area contributed by atoms with Crippen molar-refractivity contribution in [3.05, 3.63) is 89.8 Å². The standard InChI is InChI=1S/C25H25N9O2S/c1-16-12-17(2)29-23(28-16)32-24(30-20-8-4-18(5-9-20)13-34-15-26-14-27-34)33-25(37)31-21-10-6-19(7-11-21)22(35)36-3/h4-12,14-15H,13H2,1-3H3,(H3,28,29,30,31,32,33,37). The van der Waals surface area contributed by atoms with Gasteiger partial charge in [-0.2, -0.15) is 10.1 Å². The van der Waals surface area contributed by atoms with E-state index in [0.717, 1.165) is 22.6 Å².